The van der Waals surface area contributed by atoms with Crippen LogP contribution in [0, 0.1) is 0 Å². The minimum absolute atomic E-state index is 0.0957. The molecule has 0 aliphatic carbocycles. The molecule has 2 atom stereocenters. The van der Waals surface area contributed by atoms with Gasteiger partial charge in [-0.2, -0.15) is 0 Å². The molecule has 41 heavy (non-hydrogen) atoms. The first-order valence-electron chi connectivity index (χ1n) is 16.7. The Morgan fingerprint density at radius 1 is 0.683 bits per heavy atom. The Kier molecular flexibility index (Phi) is 29.6. The molecule has 6 heteroatoms. The van der Waals surface area contributed by atoms with Gasteiger partial charge in [0.2, 0.25) is 0 Å². The van der Waals surface area contributed by atoms with E-state index in [1.807, 2.05) is 18.2 Å². The van der Waals surface area contributed by atoms with E-state index in [9.17, 15) is 19.8 Å². The summed E-state index contributed by atoms with van der Waals surface area (Å²) in [6.45, 7) is 3.90. The van der Waals surface area contributed by atoms with Gasteiger partial charge in [0, 0.05) is 12.8 Å². The first kappa shape index (κ1) is 39.1. The Morgan fingerprint density at radius 3 is 1.83 bits per heavy atom. The maximum absolute atomic E-state index is 12.1. The molecule has 0 spiro atoms. The third kappa shape index (κ3) is 29.4. The Bertz CT molecular complexity index is 684. The summed E-state index contributed by atoms with van der Waals surface area (Å²) in [7, 11) is 0. The number of carbonyl (C=O) groups excluding carboxylic acids is 2. The van der Waals surface area contributed by atoms with Crippen molar-refractivity contribution >= 4 is 11.9 Å². The summed E-state index contributed by atoms with van der Waals surface area (Å²) in [6, 6.07) is 0. The van der Waals surface area contributed by atoms with Crippen LogP contribution in [0.15, 0.2) is 36.5 Å². The van der Waals surface area contributed by atoms with Gasteiger partial charge in [-0.1, -0.05) is 140 Å². The molecule has 0 aliphatic rings. The van der Waals surface area contributed by atoms with E-state index in [1.54, 1.807) is 0 Å². The molecule has 0 radical (unpaired) electrons. The number of aliphatic hydroxyl groups excluding tert-OH is 2. The quantitative estimate of drug-likeness (QED) is 0.0399. The van der Waals surface area contributed by atoms with Gasteiger partial charge in [-0.25, -0.2) is 0 Å². The van der Waals surface area contributed by atoms with Gasteiger partial charge in [-0.15, -0.1) is 0 Å². The Morgan fingerprint density at radius 2 is 1.24 bits per heavy atom. The summed E-state index contributed by atoms with van der Waals surface area (Å²) in [6.07, 6.45) is 32.2. The monoisotopic (exact) mass is 578 g/mol. The molecule has 0 heterocycles. The number of esters is 2. The van der Waals surface area contributed by atoms with Crippen LogP contribution in [0.2, 0.25) is 0 Å². The van der Waals surface area contributed by atoms with E-state index in [2.05, 4.69) is 32.1 Å². The highest BCUT2D eigenvalue weighted by atomic mass is 16.6. The number of rotatable bonds is 29. The second-order valence-electron chi connectivity index (χ2n) is 11.1. The number of unbranched alkanes of at least 4 members (excludes halogenated alkanes) is 14. The van der Waals surface area contributed by atoms with Crippen molar-refractivity contribution in [3.8, 4) is 0 Å². The Balaban J connectivity index is 3.70. The van der Waals surface area contributed by atoms with E-state index in [4.69, 9.17) is 9.47 Å². The van der Waals surface area contributed by atoms with Crippen molar-refractivity contribution in [1.29, 1.82) is 0 Å². The van der Waals surface area contributed by atoms with Crippen molar-refractivity contribution in [2.24, 2.45) is 0 Å². The first-order chi connectivity index (χ1) is 20.0. The molecule has 0 aliphatic heterocycles. The van der Waals surface area contributed by atoms with Crippen molar-refractivity contribution in [2.45, 2.75) is 161 Å². The first-order valence-corrected chi connectivity index (χ1v) is 16.7. The largest absolute Gasteiger partial charge is 0.462 e. The fraction of sp³-hybridized carbons (Fsp3) is 0.771. The number of carbonyl (C=O) groups is 2. The standard InChI is InChI=1S/C35H62O6/c1-3-5-7-9-11-12-13-14-16-20-24-28-34(38)40-31-33(30-36)41-35(39)29-25-21-17-19-23-27-32(37)26-22-18-15-10-8-6-4-2/h6,8,15,18,22,26,32-33,36-37H,3-5,7,9-14,16-17,19-21,23-25,27-31H2,1-2H3/b8-6+,18-15+,26-22+/t32?,33-/m0/s1. The zero-order valence-corrected chi connectivity index (χ0v) is 26.4. The lowest BCUT2D eigenvalue weighted by Crippen LogP contribution is -2.28. The smallest absolute Gasteiger partial charge is 0.306 e. The van der Waals surface area contributed by atoms with E-state index in [-0.39, 0.29) is 31.6 Å². The molecule has 2 N–H and O–H groups in total. The topological polar surface area (TPSA) is 93.1 Å². The van der Waals surface area contributed by atoms with Crippen LogP contribution in [-0.2, 0) is 19.1 Å². The average molecular weight is 579 g/mol. The van der Waals surface area contributed by atoms with E-state index >= 15 is 0 Å². The van der Waals surface area contributed by atoms with E-state index in [0.29, 0.717) is 6.42 Å². The lowest BCUT2D eigenvalue weighted by atomic mass is 10.1. The lowest BCUT2D eigenvalue weighted by Gasteiger charge is -2.15. The molecule has 0 aromatic carbocycles. The molecule has 0 saturated carbocycles. The van der Waals surface area contributed by atoms with Crippen LogP contribution in [0.5, 0.6) is 0 Å². The van der Waals surface area contributed by atoms with Crippen LogP contribution in [0.1, 0.15) is 149 Å². The molecule has 0 saturated heterocycles. The van der Waals surface area contributed by atoms with Crippen molar-refractivity contribution in [2.75, 3.05) is 13.2 Å². The highest BCUT2D eigenvalue weighted by molar-refractivity contribution is 5.70. The van der Waals surface area contributed by atoms with Gasteiger partial charge in [0.1, 0.15) is 6.61 Å². The molecule has 0 rings (SSSR count). The molecular weight excluding hydrogens is 516 g/mol. The number of hydrogen-bond acceptors (Lipinski definition) is 6. The molecule has 0 fully saturated rings. The van der Waals surface area contributed by atoms with Gasteiger partial charge in [-0.3, -0.25) is 9.59 Å². The molecule has 0 aromatic rings. The van der Waals surface area contributed by atoms with Crippen molar-refractivity contribution < 1.29 is 29.3 Å². The van der Waals surface area contributed by atoms with Gasteiger partial charge in [0.25, 0.3) is 0 Å². The van der Waals surface area contributed by atoms with Crippen LogP contribution < -0.4 is 0 Å². The van der Waals surface area contributed by atoms with E-state index in [1.165, 1.54) is 51.4 Å². The predicted molar refractivity (Wildman–Crippen MR) is 170 cm³/mol. The minimum atomic E-state index is -0.805. The van der Waals surface area contributed by atoms with Crippen molar-refractivity contribution in [3.05, 3.63) is 36.5 Å². The fourth-order valence-electron chi connectivity index (χ4n) is 4.50. The third-order valence-electron chi connectivity index (χ3n) is 7.05. The van der Waals surface area contributed by atoms with Gasteiger partial charge < -0.3 is 19.7 Å². The highest BCUT2D eigenvalue weighted by Gasteiger charge is 2.16. The summed E-state index contributed by atoms with van der Waals surface area (Å²) < 4.78 is 10.5. The third-order valence-corrected chi connectivity index (χ3v) is 7.05. The minimum Gasteiger partial charge on any atom is -0.462 e. The maximum Gasteiger partial charge on any atom is 0.306 e. The zero-order chi connectivity index (χ0) is 30.2. The van der Waals surface area contributed by atoms with Gasteiger partial charge in [-0.05, 0) is 32.1 Å². The van der Waals surface area contributed by atoms with Crippen molar-refractivity contribution in [1.82, 2.24) is 0 Å². The highest BCUT2D eigenvalue weighted by Crippen LogP contribution is 2.13. The molecular formula is C35H62O6. The number of hydrogen-bond donors (Lipinski definition) is 2. The molecule has 6 nitrogen and oxygen atoms in total. The molecule has 238 valence electrons. The fourth-order valence-corrected chi connectivity index (χ4v) is 4.50. The summed E-state index contributed by atoms with van der Waals surface area (Å²) in [5.41, 5.74) is 0. The zero-order valence-electron chi connectivity index (χ0n) is 26.4. The van der Waals surface area contributed by atoms with E-state index < -0.39 is 12.2 Å². The van der Waals surface area contributed by atoms with Gasteiger partial charge in [0.15, 0.2) is 6.10 Å². The number of ether oxygens (including phenoxy) is 2. The van der Waals surface area contributed by atoms with Crippen molar-refractivity contribution in [3.63, 3.8) is 0 Å². The summed E-state index contributed by atoms with van der Waals surface area (Å²) in [4.78, 5) is 24.1. The van der Waals surface area contributed by atoms with Crippen LogP contribution in [0.25, 0.3) is 0 Å². The number of allylic oxidation sites excluding steroid dienone is 5. The second-order valence-corrected chi connectivity index (χ2v) is 11.1. The van der Waals surface area contributed by atoms with Gasteiger partial charge >= 0.3 is 11.9 Å². The Hall–Kier alpha value is -1.92. The van der Waals surface area contributed by atoms with Gasteiger partial charge in [0.05, 0.1) is 12.7 Å². The lowest BCUT2D eigenvalue weighted by molar-refractivity contribution is -0.161. The summed E-state index contributed by atoms with van der Waals surface area (Å²) in [5.74, 6) is -0.670. The SMILES string of the molecule is CC/C=C/C/C=C/C=C/C(O)CCCCCCCC(=O)O[C@@H](CO)COC(=O)CCCCCCCCCCCCC. The van der Waals surface area contributed by atoms with E-state index in [0.717, 1.165) is 70.6 Å². The van der Waals surface area contributed by atoms with Crippen LogP contribution >= 0.6 is 0 Å². The average Bonchev–Trinajstić information content (AvgIpc) is 2.97. The Labute approximate surface area is 251 Å². The number of aliphatic hydroxyl groups is 2. The second kappa shape index (κ2) is 31.0. The van der Waals surface area contributed by atoms with Crippen LogP contribution in [-0.4, -0.2) is 47.6 Å². The maximum atomic E-state index is 12.1. The van der Waals surface area contributed by atoms with Crippen LogP contribution in [0.3, 0.4) is 0 Å². The summed E-state index contributed by atoms with van der Waals surface area (Å²) in [5, 5.41) is 19.5. The van der Waals surface area contributed by atoms with Crippen LogP contribution in [0.4, 0.5) is 0 Å². The summed E-state index contributed by atoms with van der Waals surface area (Å²) >= 11 is 0. The normalized spacial score (nSPS) is 13.4. The molecule has 0 bridgehead atoms. The molecule has 0 aromatic heterocycles. The predicted octanol–water partition coefficient (Wildman–Crippen LogP) is 8.70. The molecule has 1 unspecified atom stereocenters. The molecule has 0 amide bonds.